The highest BCUT2D eigenvalue weighted by atomic mass is 16.5. The van der Waals surface area contributed by atoms with Gasteiger partial charge in [-0.05, 0) is 6.42 Å². The summed E-state index contributed by atoms with van der Waals surface area (Å²) in [4.78, 5) is 0. The minimum atomic E-state index is 0.0833. The van der Waals surface area contributed by atoms with Crippen LogP contribution >= 0.6 is 0 Å². The Labute approximate surface area is 49.6 Å². The van der Waals surface area contributed by atoms with Gasteiger partial charge in [-0.15, -0.1) is 0 Å². The van der Waals surface area contributed by atoms with E-state index in [2.05, 4.69) is 5.48 Å². The van der Waals surface area contributed by atoms with Gasteiger partial charge >= 0.3 is 0 Å². The van der Waals surface area contributed by atoms with Gasteiger partial charge in [0.25, 0.3) is 0 Å². The van der Waals surface area contributed by atoms with Crippen molar-refractivity contribution in [2.75, 3.05) is 13.7 Å². The third-order valence-corrected chi connectivity index (χ3v) is 1.04. The van der Waals surface area contributed by atoms with Crippen LogP contribution in [-0.2, 0) is 4.74 Å². The summed E-state index contributed by atoms with van der Waals surface area (Å²) in [6.45, 7) is 2.54. The van der Waals surface area contributed by atoms with Crippen molar-refractivity contribution < 1.29 is 9.94 Å². The molecule has 0 aliphatic carbocycles. The minimum absolute atomic E-state index is 0.0833. The van der Waals surface area contributed by atoms with Gasteiger partial charge in [0.15, 0.2) is 0 Å². The van der Waals surface area contributed by atoms with E-state index in [-0.39, 0.29) is 6.04 Å². The zero-order valence-electron chi connectivity index (χ0n) is 5.35. The quantitative estimate of drug-likeness (QED) is 0.526. The number of hydrogen-bond donors (Lipinski definition) is 2. The van der Waals surface area contributed by atoms with Crippen LogP contribution in [0.4, 0.5) is 0 Å². The molecule has 3 heteroatoms. The lowest BCUT2D eigenvalue weighted by molar-refractivity contribution is 0.0696. The summed E-state index contributed by atoms with van der Waals surface area (Å²) in [5, 5.41) is 8.33. The molecule has 8 heavy (non-hydrogen) atoms. The molecule has 1 unspecified atom stereocenters. The van der Waals surface area contributed by atoms with E-state index in [4.69, 9.17) is 9.94 Å². The molecule has 0 saturated carbocycles. The average molecular weight is 119 g/mol. The maximum Gasteiger partial charge on any atom is 0.0638 e. The van der Waals surface area contributed by atoms with Crippen molar-refractivity contribution in [3.8, 4) is 0 Å². The number of hydrogen-bond acceptors (Lipinski definition) is 3. The summed E-state index contributed by atoms with van der Waals surface area (Å²) in [6, 6.07) is 0.0833. The fourth-order valence-electron chi connectivity index (χ4n) is 0.448. The highest BCUT2D eigenvalue weighted by molar-refractivity contribution is 4.55. The van der Waals surface area contributed by atoms with E-state index in [1.165, 1.54) is 0 Å². The van der Waals surface area contributed by atoms with Crippen LogP contribution < -0.4 is 5.48 Å². The number of ether oxygens (including phenoxy) is 1. The predicted octanol–water partition coefficient (Wildman–Crippen LogP) is 0.390. The van der Waals surface area contributed by atoms with Crippen molar-refractivity contribution in [2.45, 2.75) is 19.4 Å². The summed E-state index contributed by atoms with van der Waals surface area (Å²) in [5.41, 5.74) is 2.13. The van der Waals surface area contributed by atoms with Gasteiger partial charge in [-0.25, -0.2) is 5.48 Å². The lowest BCUT2D eigenvalue weighted by Crippen LogP contribution is -2.29. The highest BCUT2D eigenvalue weighted by Gasteiger charge is 1.99. The maximum absolute atomic E-state index is 8.33. The fraction of sp³-hybridized carbons (Fsp3) is 1.00. The van der Waals surface area contributed by atoms with Gasteiger partial charge in [0, 0.05) is 7.11 Å². The lowest BCUT2D eigenvalue weighted by Gasteiger charge is -2.09. The SMILES string of the molecule is CCC(COC)NO. The van der Waals surface area contributed by atoms with Crippen LogP contribution in [0.5, 0.6) is 0 Å². The first-order valence-corrected chi connectivity index (χ1v) is 2.73. The minimum Gasteiger partial charge on any atom is -0.383 e. The molecule has 2 N–H and O–H groups in total. The highest BCUT2D eigenvalue weighted by Crippen LogP contribution is 1.87. The molecule has 1 atom stereocenters. The standard InChI is InChI=1S/C5H13NO2/c1-3-5(6-7)4-8-2/h5-7H,3-4H2,1-2H3. The normalized spacial score (nSPS) is 13.9. The van der Waals surface area contributed by atoms with E-state index in [1.807, 2.05) is 6.92 Å². The first-order chi connectivity index (χ1) is 3.85. The van der Waals surface area contributed by atoms with Crippen molar-refractivity contribution in [2.24, 2.45) is 0 Å². The fourth-order valence-corrected chi connectivity index (χ4v) is 0.448. The van der Waals surface area contributed by atoms with Gasteiger partial charge < -0.3 is 9.94 Å². The van der Waals surface area contributed by atoms with Crippen LogP contribution in [0, 0.1) is 0 Å². The van der Waals surface area contributed by atoms with Gasteiger partial charge in [0.1, 0.15) is 0 Å². The average Bonchev–Trinajstić information content (AvgIpc) is 1.83. The van der Waals surface area contributed by atoms with E-state index in [1.54, 1.807) is 7.11 Å². The molecule has 0 fully saturated rings. The van der Waals surface area contributed by atoms with Crippen LogP contribution in [0.25, 0.3) is 0 Å². The molecule has 0 heterocycles. The molecule has 0 aromatic heterocycles. The maximum atomic E-state index is 8.33. The van der Waals surface area contributed by atoms with Crippen molar-refractivity contribution in [1.82, 2.24) is 5.48 Å². The van der Waals surface area contributed by atoms with Crippen LogP contribution in [0.15, 0.2) is 0 Å². The first-order valence-electron chi connectivity index (χ1n) is 2.73. The second kappa shape index (κ2) is 5.03. The zero-order valence-corrected chi connectivity index (χ0v) is 5.35. The number of methoxy groups -OCH3 is 1. The predicted molar refractivity (Wildman–Crippen MR) is 30.9 cm³/mol. The molecule has 0 aliphatic rings. The van der Waals surface area contributed by atoms with Crippen molar-refractivity contribution >= 4 is 0 Å². The zero-order chi connectivity index (χ0) is 6.41. The smallest absolute Gasteiger partial charge is 0.0638 e. The molecule has 0 bridgehead atoms. The second-order valence-corrected chi connectivity index (χ2v) is 1.69. The summed E-state index contributed by atoms with van der Waals surface area (Å²) < 4.78 is 4.76. The Morgan fingerprint density at radius 2 is 2.38 bits per heavy atom. The van der Waals surface area contributed by atoms with Crippen LogP contribution in [0.1, 0.15) is 13.3 Å². The van der Waals surface area contributed by atoms with Crippen molar-refractivity contribution in [3.05, 3.63) is 0 Å². The van der Waals surface area contributed by atoms with Crippen LogP contribution in [-0.4, -0.2) is 25.0 Å². The third kappa shape index (κ3) is 2.96. The Bertz CT molecular complexity index is 45.7. The molecule has 0 aromatic carbocycles. The second-order valence-electron chi connectivity index (χ2n) is 1.69. The van der Waals surface area contributed by atoms with E-state index in [0.29, 0.717) is 6.61 Å². The molecule has 3 nitrogen and oxygen atoms in total. The number of rotatable bonds is 4. The molecule has 0 radical (unpaired) electrons. The topological polar surface area (TPSA) is 41.5 Å². The van der Waals surface area contributed by atoms with E-state index in [0.717, 1.165) is 6.42 Å². The molecule has 0 spiro atoms. The summed E-state index contributed by atoms with van der Waals surface area (Å²) in [5.74, 6) is 0. The third-order valence-electron chi connectivity index (χ3n) is 1.04. The largest absolute Gasteiger partial charge is 0.383 e. The Balaban J connectivity index is 3.07. The van der Waals surface area contributed by atoms with Gasteiger partial charge in [-0.3, -0.25) is 0 Å². The summed E-state index contributed by atoms with van der Waals surface area (Å²) in [7, 11) is 1.61. The molecule has 0 aromatic rings. The monoisotopic (exact) mass is 119 g/mol. The van der Waals surface area contributed by atoms with Crippen LogP contribution in [0.2, 0.25) is 0 Å². The van der Waals surface area contributed by atoms with E-state index < -0.39 is 0 Å². The van der Waals surface area contributed by atoms with E-state index in [9.17, 15) is 0 Å². The molecule has 50 valence electrons. The molecular weight excluding hydrogens is 106 g/mol. The molecule has 0 saturated heterocycles. The number of hydroxylamine groups is 1. The van der Waals surface area contributed by atoms with Crippen molar-refractivity contribution in [1.29, 1.82) is 0 Å². The summed E-state index contributed by atoms with van der Waals surface area (Å²) in [6.07, 6.45) is 0.879. The Hall–Kier alpha value is -0.120. The molecule has 0 rings (SSSR count). The lowest BCUT2D eigenvalue weighted by atomic mass is 10.3. The van der Waals surface area contributed by atoms with Gasteiger partial charge in [-0.2, -0.15) is 0 Å². The first kappa shape index (κ1) is 7.88. The van der Waals surface area contributed by atoms with Crippen molar-refractivity contribution in [3.63, 3.8) is 0 Å². The van der Waals surface area contributed by atoms with Crippen LogP contribution in [0.3, 0.4) is 0 Å². The number of nitrogens with one attached hydrogen (secondary N) is 1. The Morgan fingerprint density at radius 3 is 2.50 bits per heavy atom. The molecule has 0 aliphatic heterocycles. The van der Waals surface area contributed by atoms with Gasteiger partial charge in [-0.1, -0.05) is 6.92 Å². The Kier molecular flexibility index (Phi) is 4.95. The van der Waals surface area contributed by atoms with E-state index >= 15 is 0 Å². The van der Waals surface area contributed by atoms with Gasteiger partial charge in [0.2, 0.25) is 0 Å². The summed E-state index contributed by atoms with van der Waals surface area (Å²) >= 11 is 0. The van der Waals surface area contributed by atoms with Gasteiger partial charge in [0.05, 0.1) is 12.6 Å². The molecular formula is C5H13NO2. The molecule has 0 amide bonds. The Morgan fingerprint density at radius 1 is 1.75 bits per heavy atom.